The molecule has 1 aliphatic rings. The highest BCUT2D eigenvalue weighted by atomic mass is 16.7. The number of carbonyl (C=O) groups is 1. The van der Waals surface area contributed by atoms with Gasteiger partial charge in [-0.25, -0.2) is 4.79 Å². The van der Waals surface area contributed by atoms with Crippen LogP contribution in [0.4, 0.5) is 0 Å². The number of esters is 1. The largest absolute Gasteiger partial charge is 0.464 e. The molecule has 0 bridgehead atoms. The van der Waals surface area contributed by atoms with E-state index in [-0.39, 0.29) is 17.5 Å². The molecule has 14 heavy (non-hydrogen) atoms. The first-order chi connectivity index (χ1) is 6.32. The van der Waals surface area contributed by atoms with Gasteiger partial charge in [0.2, 0.25) is 0 Å². The Morgan fingerprint density at radius 3 is 2.29 bits per heavy atom. The standard InChI is InChI=1S/C11H20O3/c1-6-13-9(12)11(8(2)14-11)7-10(3,4)5/h8H,6-7H2,1-5H3. The molecule has 1 rings (SSSR count). The molecule has 1 aliphatic heterocycles. The number of hydrogen-bond donors (Lipinski definition) is 0. The summed E-state index contributed by atoms with van der Waals surface area (Å²) >= 11 is 0. The second-order valence-corrected chi connectivity index (χ2v) is 5.11. The van der Waals surface area contributed by atoms with Gasteiger partial charge in [-0.05, 0) is 25.7 Å². The van der Waals surface area contributed by atoms with E-state index >= 15 is 0 Å². The number of epoxide rings is 1. The molecule has 3 nitrogen and oxygen atoms in total. The van der Waals surface area contributed by atoms with Crippen molar-refractivity contribution in [1.82, 2.24) is 0 Å². The van der Waals surface area contributed by atoms with Gasteiger partial charge in [0, 0.05) is 0 Å². The van der Waals surface area contributed by atoms with Crippen molar-refractivity contribution in [2.24, 2.45) is 5.41 Å². The number of rotatable bonds is 3. The highest BCUT2D eigenvalue weighted by Gasteiger charge is 2.62. The van der Waals surface area contributed by atoms with Gasteiger partial charge in [0.15, 0.2) is 5.60 Å². The van der Waals surface area contributed by atoms with E-state index in [0.717, 1.165) is 6.42 Å². The Labute approximate surface area is 85.8 Å². The Morgan fingerprint density at radius 1 is 1.50 bits per heavy atom. The molecular formula is C11H20O3. The molecule has 1 heterocycles. The van der Waals surface area contributed by atoms with Gasteiger partial charge >= 0.3 is 5.97 Å². The van der Waals surface area contributed by atoms with Crippen LogP contribution in [-0.2, 0) is 14.3 Å². The van der Waals surface area contributed by atoms with Crippen molar-refractivity contribution in [3.63, 3.8) is 0 Å². The summed E-state index contributed by atoms with van der Waals surface area (Å²) in [6.45, 7) is 10.5. The van der Waals surface area contributed by atoms with Gasteiger partial charge in [0.05, 0.1) is 12.7 Å². The first kappa shape index (κ1) is 11.5. The van der Waals surface area contributed by atoms with Gasteiger partial charge in [-0.1, -0.05) is 20.8 Å². The fourth-order valence-electron chi connectivity index (χ4n) is 1.79. The summed E-state index contributed by atoms with van der Waals surface area (Å²) in [5.41, 5.74) is -0.578. The molecule has 0 aromatic rings. The lowest BCUT2D eigenvalue weighted by molar-refractivity contribution is -0.150. The van der Waals surface area contributed by atoms with Crippen molar-refractivity contribution >= 4 is 5.97 Å². The predicted molar refractivity (Wildman–Crippen MR) is 54.0 cm³/mol. The summed E-state index contributed by atoms with van der Waals surface area (Å²) in [4.78, 5) is 11.7. The van der Waals surface area contributed by atoms with Crippen molar-refractivity contribution in [1.29, 1.82) is 0 Å². The lowest BCUT2D eigenvalue weighted by Gasteiger charge is -2.22. The summed E-state index contributed by atoms with van der Waals surface area (Å²) in [6, 6.07) is 0. The van der Waals surface area contributed by atoms with Crippen LogP contribution in [0.3, 0.4) is 0 Å². The SMILES string of the molecule is CCOC(=O)C1(CC(C)(C)C)OC1C. The number of ether oxygens (including phenoxy) is 2. The van der Waals surface area contributed by atoms with E-state index < -0.39 is 5.60 Å². The summed E-state index contributed by atoms with van der Waals surface area (Å²) in [5.74, 6) is -0.206. The molecule has 0 aromatic carbocycles. The van der Waals surface area contributed by atoms with Crippen LogP contribution in [0.2, 0.25) is 0 Å². The van der Waals surface area contributed by atoms with E-state index in [4.69, 9.17) is 9.47 Å². The van der Waals surface area contributed by atoms with Gasteiger partial charge in [-0.15, -0.1) is 0 Å². The predicted octanol–water partition coefficient (Wildman–Crippen LogP) is 2.14. The van der Waals surface area contributed by atoms with E-state index in [1.165, 1.54) is 0 Å². The first-order valence-electron chi connectivity index (χ1n) is 5.17. The Bertz CT molecular complexity index is 229. The van der Waals surface area contributed by atoms with Crippen LogP contribution in [0.1, 0.15) is 41.0 Å². The van der Waals surface area contributed by atoms with Crippen LogP contribution >= 0.6 is 0 Å². The van der Waals surface area contributed by atoms with Crippen molar-refractivity contribution in [2.45, 2.75) is 52.7 Å². The maximum atomic E-state index is 11.7. The minimum absolute atomic E-state index is 0.000718. The molecule has 0 N–H and O–H groups in total. The molecule has 3 heteroatoms. The van der Waals surface area contributed by atoms with E-state index in [0.29, 0.717) is 6.61 Å². The second-order valence-electron chi connectivity index (χ2n) is 5.11. The molecule has 0 spiro atoms. The van der Waals surface area contributed by atoms with Crippen molar-refractivity contribution in [3.8, 4) is 0 Å². The maximum Gasteiger partial charge on any atom is 0.341 e. The average molecular weight is 200 g/mol. The first-order valence-corrected chi connectivity index (χ1v) is 5.17. The molecule has 1 saturated heterocycles. The van der Waals surface area contributed by atoms with Crippen LogP contribution in [-0.4, -0.2) is 24.3 Å². The molecule has 1 fully saturated rings. The van der Waals surface area contributed by atoms with Crippen LogP contribution in [0.25, 0.3) is 0 Å². The third-order valence-corrected chi connectivity index (χ3v) is 2.40. The molecule has 82 valence electrons. The van der Waals surface area contributed by atoms with Gasteiger partial charge in [-0.3, -0.25) is 0 Å². The molecule has 0 radical (unpaired) electrons. The highest BCUT2D eigenvalue weighted by molar-refractivity contribution is 5.83. The average Bonchev–Trinajstić information content (AvgIpc) is 2.59. The van der Waals surface area contributed by atoms with E-state index in [1.807, 2.05) is 13.8 Å². The number of hydrogen-bond acceptors (Lipinski definition) is 3. The molecule has 0 amide bonds. The summed E-state index contributed by atoms with van der Waals surface area (Å²) in [5, 5.41) is 0. The fraction of sp³-hybridized carbons (Fsp3) is 0.909. The topological polar surface area (TPSA) is 38.8 Å². The van der Waals surface area contributed by atoms with Crippen molar-refractivity contribution in [3.05, 3.63) is 0 Å². The lowest BCUT2D eigenvalue weighted by Crippen LogP contribution is -2.33. The monoisotopic (exact) mass is 200 g/mol. The molecule has 2 unspecified atom stereocenters. The van der Waals surface area contributed by atoms with E-state index in [9.17, 15) is 4.79 Å². The minimum atomic E-state index is -0.658. The third-order valence-electron chi connectivity index (χ3n) is 2.40. The maximum absolute atomic E-state index is 11.7. The van der Waals surface area contributed by atoms with Gasteiger partial charge < -0.3 is 9.47 Å². The minimum Gasteiger partial charge on any atom is -0.464 e. The van der Waals surface area contributed by atoms with Crippen LogP contribution in [0, 0.1) is 5.41 Å². The summed E-state index contributed by atoms with van der Waals surface area (Å²) < 4.78 is 10.4. The second kappa shape index (κ2) is 3.54. The summed E-state index contributed by atoms with van der Waals surface area (Å²) in [7, 11) is 0. The molecule has 0 saturated carbocycles. The summed E-state index contributed by atoms with van der Waals surface area (Å²) in [6.07, 6.45) is 0.723. The molecule has 0 aromatic heterocycles. The Kier molecular flexibility index (Phi) is 2.91. The third kappa shape index (κ3) is 2.27. The zero-order valence-electron chi connectivity index (χ0n) is 9.72. The van der Waals surface area contributed by atoms with Gasteiger partial charge in [0.25, 0.3) is 0 Å². The Balaban J connectivity index is 2.65. The zero-order valence-corrected chi connectivity index (χ0v) is 9.72. The van der Waals surface area contributed by atoms with Crippen molar-refractivity contribution < 1.29 is 14.3 Å². The van der Waals surface area contributed by atoms with Gasteiger partial charge in [0.1, 0.15) is 0 Å². The van der Waals surface area contributed by atoms with Gasteiger partial charge in [-0.2, -0.15) is 0 Å². The lowest BCUT2D eigenvalue weighted by atomic mass is 9.83. The quantitative estimate of drug-likeness (QED) is 0.517. The normalized spacial score (nSPS) is 31.4. The smallest absolute Gasteiger partial charge is 0.341 e. The fourth-order valence-corrected chi connectivity index (χ4v) is 1.79. The van der Waals surface area contributed by atoms with E-state index in [1.54, 1.807) is 0 Å². The van der Waals surface area contributed by atoms with Crippen molar-refractivity contribution in [2.75, 3.05) is 6.61 Å². The van der Waals surface area contributed by atoms with Crippen LogP contribution < -0.4 is 0 Å². The van der Waals surface area contributed by atoms with Crippen LogP contribution in [0.5, 0.6) is 0 Å². The Hall–Kier alpha value is -0.570. The van der Waals surface area contributed by atoms with Crippen LogP contribution in [0.15, 0.2) is 0 Å². The molecule has 2 atom stereocenters. The number of carbonyl (C=O) groups excluding carboxylic acids is 1. The molecular weight excluding hydrogens is 180 g/mol. The Morgan fingerprint density at radius 2 is 2.00 bits per heavy atom. The highest BCUT2D eigenvalue weighted by Crippen LogP contribution is 2.46. The molecule has 0 aliphatic carbocycles. The zero-order chi connectivity index (χ0) is 11.0. The van der Waals surface area contributed by atoms with E-state index in [2.05, 4.69) is 20.8 Å².